The van der Waals surface area contributed by atoms with Crippen LogP contribution in [0, 0.1) is 5.41 Å². The molecule has 0 fully saturated rings. The number of hydrogen-bond acceptors (Lipinski definition) is 2. The van der Waals surface area contributed by atoms with Gasteiger partial charge in [-0.1, -0.05) is 44.0 Å². The average Bonchev–Trinajstić information content (AvgIpc) is 2.48. The van der Waals surface area contributed by atoms with Crippen LogP contribution in [0.15, 0.2) is 42.5 Å². The fourth-order valence-electron chi connectivity index (χ4n) is 1.83. The quantitative estimate of drug-likeness (QED) is 0.782. The average molecular weight is 365 g/mol. The summed E-state index contributed by atoms with van der Waals surface area (Å²) in [5.74, 6) is -0.407. The van der Waals surface area contributed by atoms with Crippen molar-refractivity contribution in [3.63, 3.8) is 0 Å². The molecule has 2 aromatic rings. The molecule has 24 heavy (non-hydrogen) atoms. The van der Waals surface area contributed by atoms with Crippen LogP contribution in [0.4, 0.5) is 11.4 Å². The van der Waals surface area contributed by atoms with Crippen LogP contribution in [0.1, 0.15) is 31.1 Å². The van der Waals surface area contributed by atoms with Crippen LogP contribution in [0.3, 0.4) is 0 Å². The van der Waals surface area contributed by atoms with Gasteiger partial charge in [-0.3, -0.25) is 9.59 Å². The fraction of sp³-hybridized carbons (Fsp3) is 0.222. The van der Waals surface area contributed by atoms with Gasteiger partial charge in [-0.05, 0) is 42.5 Å². The lowest BCUT2D eigenvalue weighted by molar-refractivity contribution is -0.123. The number of anilines is 2. The molecular weight excluding hydrogens is 347 g/mol. The van der Waals surface area contributed by atoms with Gasteiger partial charge in [0.25, 0.3) is 5.91 Å². The molecule has 0 saturated heterocycles. The zero-order valence-electron chi connectivity index (χ0n) is 13.6. The van der Waals surface area contributed by atoms with Gasteiger partial charge < -0.3 is 10.6 Å². The molecule has 0 saturated carbocycles. The lowest BCUT2D eigenvalue weighted by atomic mass is 9.95. The summed E-state index contributed by atoms with van der Waals surface area (Å²) in [6.07, 6.45) is 0. The minimum Gasteiger partial charge on any atom is -0.326 e. The van der Waals surface area contributed by atoms with Crippen molar-refractivity contribution < 1.29 is 9.59 Å². The molecule has 2 N–H and O–H groups in total. The number of halogens is 2. The van der Waals surface area contributed by atoms with Crippen LogP contribution in [0.2, 0.25) is 10.0 Å². The molecule has 0 spiro atoms. The predicted molar refractivity (Wildman–Crippen MR) is 98.9 cm³/mol. The maximum absolute atomic E-state index is 12.2. The molecule has 0 heterocycles. The van der Waals surface area contributed by atoms with Crippen molar-refractivity contribution >= 4 is 46.4 Å². The van der Waals surface area contributed by atoms with E-state index in [2.05, 4.69) is 10.6 Å². The molecule has 0 atom stereocenters. The molecule has 0 aliphatic carbocycles. The second-order valence-corrected chi connectivity index (χ2v) is 7.20. The number of amides is 2. The third-order valence-electron chi connectivity index (χ3n) is 3.26. The van der Waals surface area contributed by atoms with E-state index in [-0.39, 0.29) is 16.8 Å². The highest BCUT2D eigenvalue weighted by Crippen LogP contribution is 2.23. The summed E-state index contributed by atoms with van der Waals surface area (Å²) in [4.78, 5) is 24.2. The summed E-state index contributed by atoms with van der Waals surface area (Å²) in [7, 11) is 0. The summed E-state index contributed by atoms with van der Waals surface area (Å²) < 4.78 is 0. The van der Waals surface area contributed by atoms with Crippen molar-refractivity contribution in [1.29, 1.82) is 0 Å². The van der Waals surface area contributed by atoms with Gasteiger partial charge in [0.1, 0.15) is 0 Å². The van der Waals surface area contributed by atoms with Gasteiger partial charge in [0.15, 0.2) is 0 Å². The molecule has 0 unspecified atom stereocenters. The van der Waals surface area contributed by atoms with E-state index >= 15 is 0 Å². The summed E-state index contributed by atoms with van der Waals surface area (Å²) in [5.41, 5.74) is 1.13. The SMILES string of the molecule is CC(C)(C)C(=O)Nc1ccc(NC(=O)c2ccc(Cl)cc2Cl)cc1. The van der Waals surface area contributed by atoms with Crippen molar-refractivity contribution in [3.8, 4) is 0 Å². The molecular formula is C18H18Cl2N2O2. The first-order valence-corrected chi connectivity index (χ1v) is 8.10. The molecule has 2 rings (SSSR count). The molecule has 6 heteroatoms. The second kappa shape index (κ2) is 7.24. The van der Waals surface area contributed by atoms with Crippen LogP contribution in [0.5, 0.6) is 0 Å². The maximum atomic E-state index is 12.2. The van der Waals surface area contributed by atoms with Crippen LogP contribution >= 0.6 is 23.2 Å². The van der Waals surface area contributed by atoms with Crippen LogP contribution < -0.4 is 10.6 Å². The highest BCUT2D eigenvalue weighted by atomic mass is 35.5. The van der Waals surface area contributed by atoms with Crippen molar-refractivity contribution in [3.05, 3.63) is 58.1 Å². The molecule has 0 radical (unpaired) electrons. The van der Waals surface area contributed by atoms with Gasteiger partial charge in [0.2, 0.25) is 5.91 Å². The Morgan fingerprint density at radius 2 is 1.42 bits per heavy atom. The van der Waals surface area contributed by atoms with Crippen LogP contribution in [-0.4, -0.2) is 11.8 Å². The summed E-state index contributed by atoms with van der Waals surface area (Å²) in [6, 6.07) is 11.6. The van der Waals surface area contributed by atoms with E-state index in [1.807, 2.05) is 20.8 Å². The summed E-state index contributed by atoms with van der Waals surface area (Å²) >= 11 is 11.8. The molecule has 0 bridgehead atoms. The topological polar surface area (TPSA) is 58.2 Å². The number of hydrogen-bond donors (Lipinski definition) is 2. The lowest BCUT2D eigenvalue weighted by Gasteiger charge is -2.17. The van der Waals surface area contributed by atoms with Gasteiger partial charge in [-0.2, -0.15) is 0 Å². The highest BCUT2D eigenvalue weighted by molar-refractivity contribution is 6.37. The Labute approximate surface area is 151 Å². The molecule has 2 amide bonds. The standard InChI is InChI=1S/C18H18Cl2N2O2/c1-18(2,3)17(24)22-13-7-5-12(6-8-13)21-16(23)14-9-4-11(19)10-15(14)20/h4-10H,1-3H3,(H,21,23)(H,22,24). The van der Waals surface area contributed by atoms with Gasteiger partial charge in [0.05, 0.1) is 10.6 Å². The monoisotopic (exact) mass is 364 g/mol. The minimum absolute atomic E-state index is 0.0766. The van der Waals surface area contributed by atoms with E-state index in [0.29, 0.717) is 22.0 Å². The van der Waals surface area contributed by atoms with E-state index in [9.17, 15) is 9.59 Å². The Kier molecular flexibility index (Phi) is 5.52. The third kappa shape index (κ3) is 4.73. The number of rotatable bonds is 3. The first kappa shape index (κ1) is 18.3. The smallest absolute Gasteiger partial charge is 0.257 e. The second-order valence-electron chi connectivity index (χ2n) is 6.36. The minimum atomic E-state index is -0.474. The van der Waals surface area contributed by atoms with E-state index in [1.165, 1.54) is 6.07 Å². The largest absolute Gasteiger partial charge is 0.326 e. The van der Waals surface area contributed by atoms with Gasteiger partial charge in [-0.25, -0.2) is 0 Å². The van der Waals surface area contributed by atoms with E-state index in [0.717, 1.165) is 0 Å². The highest BCUT2D eigenvalue weighted by Gasteiger charge is 2.21. The van der Waals surface area contributed by atoms with E-state index < -0.39 is 5.41 Å². The zero-order chi connectivity index (χ0) is 17.9. The zero-order valence-corrected chi connectivity index (χ0v) is 15.1. The number of carbonyl (C=O) groups excluding carboxylic acids is 2. The fourth-order valence-corrected chi connectivity index (χ4v) is 2.32. The third-order valence-corrected chi connectivity index (χ3v) is 3.81. The number of carbonyl (C=O) groups is 2. The van der Waals surface area contributed by atoms with Gasteiger partial charge in [-0.15, -0.1) is 0 Å². The van der Waals surface area contributed by atoms with Crippen molar-refractivity contribution in [2.24, 2.45) is 5.41 Å². The normalized spacial score (nSPS) is 11.0. The Morgan fingerprint density at radius 3 is 1.92 bits per heavy atom. The molecule has 0 aliphatic heterocycles. The Bertz CT molecular complexity index is 766. The predicted octanol–water partition coefficient (Wildman–Crippen LogP) is 5.23. The van der Waals surface area contributed by atoms with Crippen molar-refractivity contribution in [2.75, 3.05) is 10.6 Å². The lowest BCUT2D eigenvalue weighted by Crippen LogP contribution is -2.27. The molecule has 0 aliphatic rings. The molecule has 4 nitrogen and oxygen atoms in total. The van der Waals surface area contributed by atoms with Crippen molar-refractivity contribution in [2.45, 2.75) is 20.8 Å². The van der Waals surface area contributed by atoms with Gasteiger partial charge >= 0.3 is 0 Å². The summed E-state index contributed by atoms with van der Waals surface area (Å²) in [5, 5.41) is 6.33. The number of nitrogens with one attached hydrogen (secondary N) is 2. The van der Waals surface area contributed by atoms with E-state index in [1.54, 1.807) is 36.4 Å². The first-order chi connectivity index (χ1) is 11.2. The molecule has 0 aromatic heterocycles. The number of benzene rings is 2. The maximum Gasteiger partial charge on any atom is 0.257 e. The first-order valence-electron chi connectivity index (χ1n) is 7.35. The van der Waals surface area contributed by atoms with Crippen molar-refractivity contribution in [1.82, 2.24) is 0 Å². The van der Waals surface area contributed by atoms with E-state index in [4.69, 9.17) is 23.2 Å². The molecule has 2 aromatic carbocycles. The summed E-state index contributed by atoms with van der Waals surface area (Å²) in [6.45, 7) is 5.52. The Hall–Kier alpha value is -2.04. The van der Waals surface area contributed by atoms with Crippen LogP contribution in [0.25, 0.3) is 0 Å². The van der Waals surface area contributed by atoms with Crippen LogP contribution in [-0.2, 0) is 4.79 Å². The Balaban J connectivity index is 2.06. The Morgan fingerprint density at radius 1 is 0.875 bits per heavy atom. The van der Waals surface area contributed by atoms with Gasteiger partial charge in [0, 0.05) is 21.8 Å². The molecule has 126 valence electrons.